The molecule has 0 aliphatic carbocycles. The Morgan fingerprint density at radius 3 is 1.94 bits per heavy atom. The van der Waals surface area contributed by atoms with E-state index in [4.69, 9.17) is 0 Å². The van der Waals surface area contributed by atoms with Crippen molar-refractivity contribution in [3.63, 3.8) is 0 Å². The number of hydrogen-bond donors (Lipinski definition) is 0. The topological polar surface area (TPSA) is 16.1 Å². The first-order chi connectivity index (χ1) is 7.45. The maximum Gasteiger partial charge on any atom is 0.112 e. The largest absolute Gasteiger partial charge is 0.307 e. The van der Waals surface area contributed by atoms with E-state index in [1.165, 1.54) is 0 Å². The fourth-order valence-electron chi connectivity index (χ4n) is 1.20. The van der Waals surface area contributed by atoms with Gasteiger partial charge in [-0.2, -0.15) is 0 Å². The summed E-state index contributed by atoms with van der Waals surface area (Å²) in [6, 6.07) is 6.00. The van der Waals surface area contributed by atoms with Gasteiger partial charge in [0.25, 0.3) is 0 Å². The maximum absolute atomic E-state index is 12.3. The Bertz CT molecular complexity index is 270. The Hall–Kier alpha value is -0.960. The number of aryl methyl sites for hydroxylation is 2. The predicted molar refractivity (Wildman–Crippen MR) is 67.5 cm³/mol. The Morgan fingerprint density at radius 2 is 1.75 bits per heavy atom. The van der Waals surface area contributed by atoms with Crippen LogP contribution in [0.4, 0.5) is 4.39 Å². The first-order valence-electron chi connectivity index (χ1n) is 5.64. The van der Waals surface area contributed by atoms with Crippen molar-refractivity contribution >= 4 is 0 Å². The molecule has 0 bridgehead atoms. The zero-order valence-corrected chi connectivity index (χ0v) is 11.0. The molecule has 0 N–H and O–H groups in total. The van der Waals surface area contributed by atoms with E-state index in [0.29, 0.717) is 13.0 Å². The van der Waals surface area contributed by atoms with Crippen LogP contribution in [0.3, 0.4) is 0 Å². The lowest BCUT2D eigenvalue weighted by Gasteiger charge is -2.10. The molecule has 3 heteroatoms. The number of hydrogen-bond acceptors (Lipinski definition) is 2. The van der Waals surface area contributed by atoms with E-state index < -0.39 is 6.17 Å². The lowest BCUT2D eigenvalue weighted by Crippen LogP contribution is -2.21. The monoisotopic (exact) mass is 226 g/mol. The van der Waals surface area contributed by atoms with Gasteiger partial charge in [-0.3, -0.25) is 4.98 Å². The molecule has 92 valence electrons. The van der Waals surface area contributed by atoms with Crippen molar-refractivity contribution in [3.05, 3.63) is 29.6 Å². The van der Waals surface area contributed by atoms with E-state index >= 15 is 0 Å². The van der Waals surface area contributed by atoms with E-state index in [2.05, 4.69) is 4.98 Å². The minimum Gasteiger partial charge on any atom is -0.307 e. The molecular weight excluding hydrogens is 203 g/mol. The molecule has 0 saturated carbocycles. The average Bonchev–Trinajstić information content (AvgIpc) is 2.17. The SMILES string of the molecule is CCC(F)CN(C)C.Cc1cccc(C)n1. The summed E-state index contributed by atoms with van der Waals surface area (Å²) in [6.07, 6.45) is -0.0250. The number of halogens is 1. The molecule has 0 fully saturated rings. The molecule has 0 aromatic carbocycles. The molecule has 2 nitrogen and oxygen atoms in total. The summed E-state index contributed by atoms with van der Waals surface area (Å²) in [7, 11) is 3.75. The highest BCUT2D eigenvalue weighted by atomic mass is 19.1. The summed E-state index contributed by atoms with van der Waals surface area (Å²) >= 11 is 0. The van der Waals surface area contributed by atoms with Crippen molar-refractivity contribution in [2.24, 2.45) is 0 Å². The highest BCUT2D eigenvalue weighted by Gasteiger charge is 2.02. The van der Waals surface area contributed by atoms with Gasteiger partial charge in [-0.25, -0.2) is 4.39 Å². The van der Waals surface area contributed by atoms with E-state index in [0.717, 1.165) is 11.4 Å². The quantitative estimate of drug-likeness (QED) is 0.787. The molecule has 0 spiro atoms. The van der Waals surface area contributed by atoms with Gasteiger partial charge in [-0.05, 0) is 46.5 Å². The lowest BCUT2D eigenvalue weighted by molar-refractivity contribution is 0.241. The second-order valence-electron chi connectivity index (χ2n) is 4.19. The van der Waals surface area contributed by atoms with Crippen molar-refractivity contribution in [2.45, 2.75) is 33.4 Å². The third kappa shape index (κ3) is 8.36. The second kappa shape index (κ2) is 8.22. The summed E-state index contributed by atoms with van der Waals surface area (Å²) < 4.78 is 12.3. The summed E-state index contributed by atoms with van der Waals surface area (Å²) in [4.78, 5) is 6.03. The summed E-state index contributed by atoms with van der Waals surface area (Å²) in [5.41, 5.74) is 2.18. The summed E-state index contributed by atoms with van der Waals surface area (Å²) in [5.74, 6) is 0. The van der Waals surface area contributed by atoms with E-state index in [1.54, 1.807) is 0 Å². The van der Waals surface area contributed by atoms with Gasteiger partial charge in [0.15, 0.2) is 0 Å². The van der Waals surface area contributed by atoms with Crippen LogP contribution in [-0.2, 0) is 0 Å². The van der Waals surface area contributed by atoms with Gasteiger partial charge >= 0.3 is 0 Å². The third-order valence-corrected chi connectivity index (χ3v) is 2.03. The number of pyridine rings is 1. The first kappa shape index (κ1) is 15.0. The molecule has 1 atom stereocenters. The van der Waals surface area contributed by atoms with E-state index in [-0.39, 0.29) is 0 Å². The van der Waals surface area contributed by atoms with Crippen molar-refractivity contribution in [3.8, 4) is 0 Å². The normalized spacial score (nSPS) is 11.9. The molecular formula is C13H23FN2. The van der Waals surface area contributed by atoms with Gasteiger partial charge in [-0.15, -0.1) is 0 Å². The van der Waals surface area contributed by atoms with Crippen LogP contribution in [0.25, 0.3) is 0 Å². The highest BCUT2D eigenvalue weighted by Crippen LogP contribution is 1.96. The smallest absolute Gasteiger partial charge is 0.112 e. The predicted octanol–water partition coefficient (Wildman–Crippen LogP) is 2.99. The van der Waals surface area contributed by atoms with Gasteiger partial charge in [-0.1, -0.05) is 13.0 Å². The molecule has 16 heavy (non-hydrogen) atoms. The third-order valence-electron chi connectivity index (χ3n) is 2.03. The molecule has 1 rings (SSSR count). The Morgan fingerprint density at radius 1 is 1.25 bits per heavy atom. The fourth-order valence-corrected chi connectivity index (χ4v) is 1.20. The fraction of sp³-hybridized carbons (Fsp3) is 0.615. The molecule has 1 unspecified atom stereocenters. The van der Waals surface area contributed by atoms with Crippen LogP contribution >= 0.6 is 0 Å². The van der Waals surface area contributed by atoms with Crippen molar-refractivity contribution in [1.29, 1.82) is 0 Å². The summed E-state index contributed by atoms with van der Waals surface area (Å²) in [6.45, 7) is 6.39. The van der Waals surface area contributed by atoms with Crippen LogP contribution in [-0.4, -0.2) is 36.7 Å². The minimum atomic E-state index is -0.648. The number of aromatic nitrogens is 1. The van der Waals surface area contributed by atoms with Crippen LogP contribution in [0.15, 0.2) is 18.2 Å². The van der Waals surface area contributed by atoms with Gasteiger partial charge in [0.1, 0.15) is 6.17 Å². The van der Waals surface area contributed by atoms with Crippen LogP contribution in [0.5, 0.6) is 0 Å². The van der Waals surface area contributed by atoms with Crippen LogP contribution < -0.4 is 0 Å². The molecule has 0 saturated heterocycles. The molecule has 1 aromatic heterocycles. The molecule has 0 aliphatic rings. The number of nitrogens with zero attached hydrogens (tertiary/aromatic N) is 2. The Balaban J connectivity index is 0.000000281. The second-order valence-corrected chi connectivity index (χ2v) is 4.19. The van der Waals surface area contributed by atoms with Crippen molar-refractivity contribution < 1.29 is 4.39 Å². The van der Waals surface area contributed by atoms with Crippen LogP contribution in [0, 0.1) is 13.8 Å². The minimum absolute atomic E-state index is 0.552. The lowest BCUT2D eigenvalue weighted by atomic mass is 10.3. The molecule has 0 radical (unpaired) electrons. The van der Waals surface area contributed by atoms with Gasteiger partial charge < -0.3 is 4.90 Å². The van der Waals surface area contributed by atoms with Gasteiger partial charge in [0.2, 0.25) is 0 Å². The van der Waals surface area contributed by atoms with Gasteiger partial charge in [0.05, 0.1) is 0 Å². The molecule has 0 aliphatic heterocycles. The number of alkyl halides is 1. The summed E-state index contributed by atoms with van der Waals surface area (Å²) in [5, 5.41) is 0. The molecule has 1 aromatic rings. The van der Waals surface area contributed by atoms with Gasteiger partial charge in [0, 0.05) is 17.9 Å². The van der Waals surface area contributed by atoms with E-state index in [1.807, 2.05) is 58.0 Å². The van der Waals surface area contributed by atoms with Crippen molar-refractivity contribution in [2.75, 3.05) is 20.6 Å². The average molecular weight is 226 g/mol. The Kier molecular flexibility index (Phi) is 7.73. The zero-order chi connectivity index (χ0) is 12.6. The van der Waals surface area contributed by atoms with Crippen LogP contribution in [0.1, 0.15) is 24.7 Å². The van der Waals surface area contributed by atoms with Crippen LogP contribution in [0.2, 0.25) is 0 Å². The zero-order valence-electron chi connectivity index (χ0n) is 11.0. The number of rotatable bonds is 3. The van der Waals surface area contributed by atoms with Crippen molar-refractivity contribution in [1.82, 2.24) is 9.88 Å². The first-order valence-corrected chi connectivity index (χ1v) is 5.64. The standard InChI is InChI=1S/C7H9N.C6H14FN/c1-6-4-3-5-7(2)8-6;1-4-6(7)5-8(2)3/h3-5H,1-2H3;6H,4-5H2,1-3H3. The Labute approximate surface area is 98.5 Å². The molecule has 0 amide bonds. The highest BCUT2D eigenvalue weighted by molar-refractivity contribution is 5.07. The molecule has 1 heterocycles. The maximum atomic E-state index is 12.3. The van der Waals surface area contributed by atoms with E-state index in [9.17, 15) is 4.39 Å².